The van der Waals surface area contributed by atoms with Crippen LogP contribution in [0.2, 0.25) is 0 Å². The van der Waals surface area contributed by atoms with Crippen molar-refractivity contribution in [1.82, 2.24) is 14.9 Å². The van der Waals surface area contributed by atoms with Gasteiger partial charge < -0.3 is 9.88 Å². The van der Waals surface area contributed by atoms with Gasteiger partial charge in [-0.05, 0) is 42.5 Å². The van der Waals surface area contributed by atoms with Crippen LogP contribution in [-0.4, -0.2) is 22.0 Å². The number of benzene rings is 1. The molecule has 21 heavy (non-hydrogen) atoms. The van der Waals surface area contributed by atoms with E-state index in [0.29, 0.717) is 6.54 Å². The summed E-state index contributed by atoms with van der Waals surface area (Å²) >= 11 is 1.49. The molecule has 3 aromatic rings. The molecule has 0 atom stereocenters. The average Bonchev–Trinajstić information content (AvgIpc) is 3.10. The molecule has 4 nitrogen and oxygen atoms in total. The van der Waals surface area contributed by atoms with Crippen LogP contribution in [-0.2, 0) is 6.54 Å². The number of nitrogens with zero attached hydrogens (tertiary/aromatic N) is 2. The van der Waals surface area contributed by atoms with E-state index in [1.54, 1.807) is 0 Å². The van der Waals surface area contributed by atoms with Gasteiger partial charge in [-0.15, -0.1) is 11.3 Å². The van der Waals surface area contributed by atoms with Gasteiger partial charge in [0.15, 0.2) is 0 Å². The van der Waals surface area contributed by atoms with Crippen LogP contribution in [0.25, 0.3) is 11.0 Å². The zero-order valence-corrected chi connectivity index (χ0v) is 12.7. The standard InChI is InChI=1S/C16H17N3OS/c1-12-7-10-21-15(12)16(20)17-8-4-9-19-11-18-13-5-2-3-6-14(13)19/h2-3,5-7,10-11H,4,8-9H2,1H3,(H,17,20). The van der Waals surface area contributed by atoms with Crippen LogP contribution in [0.4, 0.5) is 0 Å². The number of thiophene rings is 1. The Labute approximate surface area is 127 Å². The molecule has 0 radical (unpaired) electrons. The number of aromatic nitrogens is 2. The Morgan fingerprint density at radius 3 is 3.00 bits per heavy atom. The van der Waals surface area contributed by atoms with Gasteiger partial charge >= 0.3 is 0 Å². The predicted molar refractivity (Wildman–Crippen MR) is 85.7 cm³/mol. The second-order valence-electron chi connectivity index (χ2n) is 4.97. The third-order valence-electron chi connectivity index (χ3n) is 3.46. The lowest BCUT2D eigenvalue weighted by Crippen LogP contribution is -2.24. The molecule has 108 valence electrons. The maximum absolute atomic E-state index is 12.0. The summed E-state index contributed by atoms with van der Waals surface area (Å²) in [5, 5.41) is 4.92. The first kappa shape index (κ1) is 13.8. The number of hydrogen-bond donors (Lipinski definition) is 1. The Morgan fingerprint density at radius 2 is 2.19 bits per heavy atom. The zero-order valence-electron chi connectivity index (χ0n) is 11.9. The number of carbonyl (C=O) groups excluding carboxylic acids is 1. The van der Waals surface area contributed by atoms with Crippen LogP contribution in [0, 0.1) is 6.92 Å². The molecular weight excluding hydrogens is 282 g/mol. The number of fused-ring (bicyclic) bond motifs is 1. The maximum Gasteiger partial charge on any atom is 0.261 e. The number of nitrogens with one attached hydrogen (secondary N) is 1. The molecule has 3 rings (SSSR count). The molecule has 0 bridgehead atoms. The van der Waals surface area contributed by atoms with E-state index in [9.17, 15) is 4.79 Å². The van der Waals surface area contributed by atoms with Crippen molar-refractivity contribution >= 4 is 28.3 Å². The quantitative estimate of drug-likeness (QED) is 0.735. The first-order valence-corrected chi connectivity index (χ1v) is 7.86. The third-order valence-corrected chi connectivity index (χ3v) is 4.47. The molecule has 0 fully saturated rings. The summed E-state index contributed by atoms with van der Waals surface area (Å²) in [5.41, 5.74) is 3.19. The Morgan fingerprint density at radius 1 is 1.33 bits per heavy atom. The maximum atomic E-state index is 12.0. The average molecular weight is 299 g/mol. The highest BCUT2D eigenvalue weighted by Crippen LogP contribution is 2.15. The minimum absolute atomic E-state index is 0.0259. The molecular formula is C16H17N3OS. The second kappa shape index (κ2) is 6.10. The smallest absolute Gasteiger partial charge is 0.261 e. The normalized spacial score (nSPS) is 10.9. The first-order chi connectivity index (χ1) is 10.3. The molecule has 2 heterocycles. The highest BCUT2D eigenvalue weighted by Gasteiger charge is 2.09. The summed E-state index contributed by atoms with van der Waals surface area (Å²) < 4.78 is 2.12. The number of imidazole rings is 1. The fourth-order valence-corrected chi connectivity index (χ4v) is 3.17. The molecule has 0 aliphatic rings. The largest absolute Gasteiger partial charge is 0.351 e. The SMILES string of the molecule is Cc1ccsc1C(=O)NCCCn1cnc2ccccc21. The second-order valence-corrected chi connectivity index (χ2v) is 5.88. The van der Waals surface area contributed by atoms with Gasteiger partial charge in [0.25, 0.3) is 5.91 Å². The van der Waals surface area contributed by atoms with Gasteiger partial charge in [-0.3, -0.25) is 4.79 Å². The summed E-state index contributed by atoms with van der Waals surface area (Å²) in [6.07, 6.45) is 2.74. The van der Waals surface area contributed by atoms with Crippen molar-refractivity contribution in [3.63, 3.8) is 0 Å². The third kappa shape index (κ3) is 2.97. The van der Waals surface area contributed by atoms with Gasteiger partial charge in [-0.25, -0.2) is 4.98 Å². The highest BCUT2D eigenvalue weighted by molar-refractivity contribution is 7.12. The summed E-state index contributed by atoms with van der Waals surface area (Å²) in [6, 6.07) is 10.0. The summed E-state index contributed by atoms with van der Waals surface area (Å²) in [4.78, 5) is 17.2. The van der Waals surface area contributed by atoms with E-state index in [0.717, 1.165) is 34.4 Å². The summed E-state index contributed by atoms with van der Waals surface area (Å²) in [7, 11) is 0. The Kier molecular flexibility index (Phi) is 4.01. The van der Waals surface area contributed by atoms with E-state index in [4.69, 9.17) is 0 Å². The number of aryl methyl sites for hydroxylation is 2. The van der Waals surface area contributed by atoms with Crippen molar-refractivity contribution in [1.29, 1.82) is 0 Å². The fourth-order valence-electron chi connectivity index (χ4n) is 2.33. The molecule has 1 amide bonds. The molecule has 0 unspecified atom stereocenters. The van der Waals surface area contributed by atoms with E-state index in [2.05, 4.69) is 20.9 Å². The Balaban J connectivity index is 1.53. The number of rotatable bonds is 5. The molecule has 0 saturated heterocycles. The van der Waals surface area contributed by atoms with Crippen LogP contribution in [0.15, 0.2) is 42.0 Å². The number of carbonyl (C=O) groups is 1. The molecule has 0 aliphatic heterocycles. The van der Waals surface area contributed by atoms with Crippen molar-refractivity contribution in [2.45, 2.75) is 19.9 Å². The van der Waals surface area contributed by atoms with E-state index >= 15 is 0 Å². The van der Waals surface area contributed by atoms with Gasteiger partial charge in [-0.2, -0.15) is 0 Å². The monoisotopic (exact) mass is 299 g/mol. The van der Waals surface area contributed by atoms with Crippen LogP contribution in [0.5, 0.6) is 0 Å². The van der Waals surface area contributed by atoms with Crippen molar-refractivity contribution in [3.05, 3.63) is 52.5 Å². The van der Waals surface area contributed by atoms with Crippen LogP contribution in [0.3, 0.4) is 0 Å². The lowest BCUT2D eigenvalue weighted by molar-refractivity contribution is 0.0956. The number of amides is 1. The minimum Gasteiger partial charge on any atom is -0.351 e. The lowest BCUT2D eigenvalue weighted by Gasteiger charge is -2.06. The van der Waals surface area contributed by atoms with Crippen LogP contribution >= 0.6 is 11.3 Å². The molecule has 0 spiro atoms. The van der Waals surface area contributed by atoms with Crippen LogP contribution in [0.1, 0.15) is 21.7 Å². The Bertz CT molecular complexity index is 760. The van der Waals surface area contributed by atoms with E-state index in [-0.39, 0.29) is 5.91 Å². The van der Waals surface area contributed by atoms with E-state index in [1.807, 2.05) is 42.9 Å². The fraction of sp³-hybridized carbons (Fsp3) is 0.250. The van der Waals surface area contributed by atoms with Gasteiger partial charge in [-0.1, -0.05) is 12.1 Å². The number of para-hydroxylation sites is 2. The van der Waals surface area contributed by atoms with Gasteiger partial charge in [0.05, 0.1) is 22.2 Å². The van der Waals surface area contributed by atoms with Crippen molar-refractivity contribution in [2.24, 2.45) is 0 Å². The zero-order chi connectivity index (χ0) is 14.7. The molecule has 2 aromatic heterocycles. The molecule has 0 aliphatic carbocycles. The Hall–Kier alpha value is -2.14. The van der Waals surface area contributed by atoms with E-state index in [1.165, 1.54) is 11.3 Å². The topological polar surface area (TPSA) is 46.9 Å². The summed E-state index contributed by atoms with van der Waals surface area (Å²) in [5.74, 6) is 0.0259. The number of hydrogen-bond acceptors (Lipinski definition) is 3. The minimum atomic E-state index is 0.0259. The van der Waals surface area contributed by atoms with Crippen molar-refractivity contribution in [3.8, 4) is 0 Å². The highest BCUT2D eigenvalue weighted by atomic mass is 32.1. The first-order valence-electron chi connectivity index (χ1n) is 6.98. The van der Waals surface area contributed by atoms with Gasteiger partial charge in [0, 0.05) is 13.1 Å². The lowest BCUT2D eigenvalue weighted by atomic mass is 10.3. The van der Waals surface area contributed by atoms with Crippen LogP contribution < -0.4 is 5.32 Å². The molecule has 1 aromatic carbocycles. The summed E-state index contributed by atoms with van der Waals surface area (Å²) in [6.45, 7) is 3.48. The predicted octanol–water partition coefficient (Wildman–Crippen LogP) is 3.23. The molecule has 1 N–H and O–H groups in total. The molecule has 0 saturated carbocycles. The van der Waals surface area contributed by atoms with Crippen molar-refractivity contribution in [2.75, 3.05) is 6.54 Å². The molecule has 5 heteroatoms. The van der Waals surface area contributed by atoms with Gasteiger partial charge in [0.2, 0.25) is 0 Å². The van der Waals surface area contributed by atoms with Crippen molar-refractivity contribution < 1.29 is 4.79 Å². The van der Waals surface area contributed by atoms with Gasteiger partial charge in [0.1, 0.15) is 0 Å². The van der Waals surface area contributed by atoms with E-state index < -0.39 is 0 Å².